The molecule has 0 radical (unpaired) electrons. The van der Waals surface area contributed by atoms with Crippen LogP contribution in [0.15, 0.2) is 48.0 Å². The fraction of sp³-hybridized carbons (Fsp3) is 0.190. The molecule has 0 spiro atoms. The number of methoxy groups -OCH3 is 3. The van der Waals surface area contributed by atoms with Crippen LogP contribution in [0.4, 0.5) is 0 Å². The van der Waals surface area contributed by atoms with E-state index >= 15 is 0 Å². The van der Waals surface area contributed by atoms with Crippen molar-refractivity contribution >= 4 is 11.5 Å². The predicted octanol–water partition coefficient (Wildman–Crippen LogP) is 3.07. The topological polar surface area (TPSA) is 54.0 Å². The van der Waals surface area contributed by atoms with Crippen molar-refractivity contribution in [2.45, 2.75) is 0 Å². The van der Waals surface area contributed by atoms with E-state index in [-0.39, 0.29) is 6.61 Å². The van der Waals surface area contributed by atoms with Crippen molar-refractivity contribution in [2.24, 2.45) is 0 Å². The molecule has 2 aromatic rings. The third-order valence-electron chi connectivity index (χ3n) is 3.94. The molecule has 0 atom stereocenters. The zero-order valence-corrected chi connectivity index (χ0v) is 14.8. The molecule has 0 N–H and O–H groups in total. The second-order valence-electron chi connectivity index (χ2n) is 5.46. The lowest BCUT2D eigenvalue weighted by molar-refractivity contribution is -0.134. The quantitative estimate of drug-likeness (QED) is 0.627. The molecule has 0 saturated heterocycles. The van der Waals surface area contributed by atoms with Gasteiger partial charge in [0.15, 0.2) is 11.5 Å². The Bertz CT molecular complexity index is 891. The molecule has 2 aromatic carbocycles. The van der Waals surface area contributed by atoms with Crippen LogP contribution in [-0.2, 0) is 9.53 Å². The Morgan fingerprint density at radius 1 is 0.923 bits per heavy atom. The summed E-state index contributed by atoms with van der Waals surface area (Å²) in [5, 5.41) is 0. The molecular weight excluding hydrogens is 332 g/mol. The molecule has 1 aliphatic heterocycles. The van der Waals surface area contributed by atoms with Gasteiger partial charge in [-0.1, -0.05) is 30.0 Å². The van der Waals surface area contributed by atoms with Crippen LogP contribution in [0.1, 0.15) is 11.1 Å². The van der Waals surface area contributed by atoms with Gasteiger partial charge < -0.3 is 18.9 Å². The second kappa shape index (κ2) is 7.66. The van der Waals surface area contributed by atoms with Gasteiger partial charge in [0, 0.05) is 5.56 Å². The Labute approximate surface area is 152 Å². The van der Waals surface area contributed by atoms with E-state index in [1.54, 1.807) is 12.1 Å². The van der Waals surface area contributed by atoms with E-state index in [0.717, 1.165) is 5.56 Å². The smallest absolute Gasteiger partial charge is 0.340 e. The van der Waals surface area contributed by atoms with Crippen LogP contribution < -0.4 is 14.2 Å². The van der Waals surface area contributed by atoms with Gasteiger partial charge in [-0.05, 0) is 29.8 Å². The third-order valence-corrected chi connectivity index (χ3v) is 3.94. The molecule has 0 fully saturated rings. The summed E-state index contributed by atoms with van der Waals surface area (Å²) in [4.78, 5) is 12.3. The van der Waals surface area contributed by atoms with Crippen molar-refractivity contribution in [1.29, 1.82) is 0 Å². The summed E-state index contributed by atoms with van der Waals surface area (Å²) >= 11 is 0. The fourth-order valence-corrected chi connectivity index (χ4v) is 2.69. The Morgan fingerprint density at radius 2 is 1.58 bits per heavy atom. The molecule has 0 aliphatic carbocycles. The van der Waals surface area contributed by atoms with Crippen molar-refractivity contribution in [3.8, 4) is 29.1 Å². The van der Waals surface area contributed by atoms with Crippen LogP contribution >= 0.6 is 0 Å². The van der Waals surface area contributed by atoms with E-state index in [4.69, 9.17) is 18.9 Å². The molecule has 5 heteroatoms. The summed E-state index contributed by atoms with van der Waals surface area (Å²) in [6, 6.07) is 13.0. The summed E-state index contributed by atoms with van der Waals surface area (Å²) in [5.74, 6) is 7.08. The van der Waals surface area contributed by atoms with Crippen molar-refractivity contribution in [1.82, 2.24) is 0 Å². The molecule has 26 heavy (non-hydrogen) atoms. The second-order valence-corrected chi connectivity index (χ2v) is 5.46. The highest BCUT2D eigenvalue weighted by Crippen LogP contribution is 2.41. The van der Waals surface area contributed by atoms with Crippen LogP contribution in [0.25, 0.3) is 5.57 Å². The van der Waals surface area contributed by atoms with E-state index in [1.165, 1.54) is 21.3 Å². The first-order valence-corrected chi connectivity index (χ1v) is 7.95. The molecule has 0 bridgehead atoms. The Kier molecular flexibility index (Phi) is 5.14. The van der Waals surface area contributed by atoms with Gasteiger partial charge in [0.05, 0.1) is 32.5 Å². The van der Waals surface area contributed by atoms with Crippen molar-refractivity contribution in [3.63, 3.8) is 0 Å². The predicted molar refractivity (Wildman–Crippen MR) is 97.3 cm³/mol. The van der Waals surface area contributed by atoms with E-state index in [2.05, 4.69) is 11.8 Å². The minimum Gasteiger partial charge on any atom is -0.493 e. The van der Waals surface area contributed by atoms with Crippen molar-refractivity contribution in [3.05, 3.63) is 59.2 Å². The lowest BCUT2D eigenvalue weighted by Gasteiger charge is -2.14. The zero-order chi connectivity index (χ0) is 18.5. The first kappa shape index (κ1) is 17.4. The standard InChI is InChI=1S/C21H18O5/c1-23-17-11-16(12-18(24-2)20(17)25-3)19-15(13-26-21(19)22)10-9-14-7-5-4-6-8-14/h4-8,11-12H,13H2,1-3H3. The molecule has 1 aliphatic rings. The average Bonchev–Trinajstić information content (AvgIpc) is 3.06. The molecule has 0 amide bonds. The highest BCUT2D eigenvalue weighted by molar-refractivity contribution is 6.20. The average molecular weight is 350 g/mol. The minimum atomic E-state index is -0.420. The summed E-state index contributed by atoms with van der Waals surface area (Å²) in [6.07, 6.45) is 0. The first-order chi connectivity index (χ1) is 12.7. The Balaban J connectivity index is 2.10. The largest absolute Gasteiger partial charge is 0.493 e. The van der Waals surface area contributed by atoms with Gasteiger partial charge in [-0.2, -0.15) is 0 Å². The lowest BCUT2D eigenvalue weighted by Crippen LogP contribution is -2.01. The molecule has 5 nitrogen and oxygen atoms in total. The molecule has 0 saturated carbocycles. The molecule has 3 rings (SSSR count). The van der Waals surface area contributed by atoms with Crippen LogP contribution in [0.5, 0.6) is 17.2 Å². The van der Waals surface area contributed by atoms with Gasteiger partial charge >= 0.3 is 5.97 Å². The van der Waals surface area contributed by atoms with Crippen LogP contribution in [-0.4, -0.2) is 33.9 Å². The fourth-order valence-electron chi connectivity index (χ4n) is 2.69. The lowest BCUT2D eigenvalue weighted by atomic mass is 10.0. The normalized spacial score (nSPS) is 13.0. The van der Waals surface area contributed by atoms with Crippen LogP contribution in [0, 0.1) is 11.8 Å². The van der Waals surface area contributed by atoms with Crippen molar-refractivity contribution < 1.29 is 23.7 Å². The number of benzene rings is 2. The number of rotatable bonds is 4. The van der Waals surface area contributed by atoms with E-state index in [0.29, 0.717) is 34.0 Å². The number of carbonyl (C=O) groups excluding carboxylic acids is 1. The Morgan fingerprint density at radius 3 is 2.15 bits per heavy atom. The van der Waals surface area contributed by atoms with Gasteiger partial charge in [-0.25, -0.2) is 4.79 Å². The molecule has 0 unspecified atom stereocenters. The number of esters is 1. The molecule has 132 valence electrons. The number of hydrogen-bond acceptors (Lipinski definition) is 5. The number of carbonyl (C=O) groups is 1. The van der Waals surface area contributed by atoms with Gasteiger partial charge in [-0.3, -0.25) is 0 Å². The van der Waals surface area contributed by atoms with Gasteiger partial charge in [0.2, 0.25) is 5.75 Å². The number of cyclic esters (lactones) is 1. The van der Waals surface area contributed by atoms with Gasteiger partial charge in [0.25, 0.3) is 0 Å². The highest BCUT2D eigenvalue weighted by Gasteiger charge is 2.27. The van der Waals surface area contributed by atoms with Crippen LogP contribution in [0.2, 0.25) is 0 Å². The molecule has 0 aromatic heterocycles. The third kappa shape index (κ3) is 3.35. The Hall–Kier alpha value is -3.39. The SMILES string of the molecule is COc1cc(C2=C(C#Cc3ccccc3)COC2=O)cc(OC)c1OC. The number of hydrogen-bond donors (Lipinski definition) is 0. The summed E-state index contributed by atoms with van der Waals surface area (Å²) in [7, 11) is 4.58. The minimum absolute atomic E-state index is 0.144. The maximum Gasteiger partial charge on any atom is 0.340 e. The monoisotopic (exact) mass is 350 g/mol. The van der Waals surface area contributed by atoms with E-state index in [9.17, 15) is 4.79 Å². The number of ether oxygens (including phenoxy) is 4. The van der Waals surface area contributed by atoms with Gasteiger partial charge in [0.1, 0.15) is 6.61 Å². The summed E-state index contributed by atoms with van der Waals surface area (Å²) < 4.78 is 21.2. The summed E-state index contributed by atoms with van der Waals surface area (Å²) in [6.45, 7) is 0.144. The highest BCUT2D eigenvalue weighted by atomic mass is 16.5. The van der Waals surface area contributed by atoms with Gasteiger partial charge in [-0.15, -0.1) is 0 Å². The maximum atomic E-state index is 12.3. The zero-order valence-electron chi connectivity index (χ0n) is 14.8. The maximum absolute atomic E-state index is 12.3. The molecular formula is C21H18O5. The van der Waals surface area contributed by atoms with E-state index in [1.807, 2.05) is 30.3 Å². The van der Waals surface area contributed by atoms with E-state index < -0.39 is 5.97 Å². The van der Waals surface area contributed by atoms with Crippen LogP contribution in [0.3, 0.4) is 0 Å². The molecule has 1 heterocycles. The first-order valence-electron chi connectivity index (χ1n) is 7.95. The summed E-state index contributed by atoms with van der Waals surface area (Å²) in [5.41, 5.74) is 2.50. The van der Waals surface area contributed by atoms with Crippen molar-refractivity contribution in [2.75, 3.05) is 27.9 Å².